The van der Waals surface area contributed by atoms with E-state index >= 15 is 0 Å². The molecule has 1 aliphatic rings. The van der Waals surface area contributed by atoms with E-state index in [-0.39, 0.29) is 10.8 Å². The number of nitrogens with one attached hydrogen (secondary N) is 1. The molecule has 0 heterocycles. The third kappa shape index (κ3) is 3.63. The van der Waals surface area contributed by atoms with Gasteiger partial charge < -0.3 is 5.32 Å². The molecule has 0 aromatic heterocycles. The molecule has 1 N–H and O–H groups in total. The first-order chi connectivity index (χ1) is 14.8. The summed E-state index contributed by atoms with van der Waals surface area (Å²) < 4.78 is 0. The Hall–Kier alpha value is -3.06. The zero-order valence-electron chi connectivity index (χ0n) is 19.0. The van der Waals surface area contributed by atoms with E-state index in [2.05, 4.69) is 118 Å². The minimum Gasteiger partial charge on any atom is -0.356 e. The average Bonchev–Trinajstić information content (AvgIpc) is 2.77. The first-order valence-corrected chi connectivity index (χ1v) is 11.3. The minimum absolute atomic E-state index is 0.216. The molecule has 0 atom stereocenters. The van der Waals surface area contributed by atoms with Crippen LogP contribution < -0.4 is 5.32 Å². The molecule has 4 aromatic carbocycles. The van der Waals surface area contributed by atoms with Crippen LogP contribution in [0.2, 0.25) is 0 Å². The third-order valence-corrected chi connectivity index (χ3v) is 7.10. The van der Waals surface area contributed by atoms with Crippen LogP contribution in [0.3, 0.4) is 0 Å². The molecular formula is C30H31N. The number of rotatable bonds is 3. The van der Waals surface area contributed by atoms with E-state index in [0.717, 1.165) is 5.69 Å². The molecule has 0 amide bonds. The van der Waals surface area contributed by atoms with Gasteiger partial charge in [-0.3, -0.25) is 0 Å². The van der Waals surface area contributed by atoms with Crippen molar-refractivity contribution in [1.29, 1.82) is 0 Å². The average molecular weight is 406 g/mol. The highest BCUT2D eigenvalue weighted by molar-refractivity contribution is 5.97. The second-order valence-corrected chi connectivity index (χ2v) is 10.3. The van der Waals surface area contributed by atoms with Crippen LogP contribution in [0, 0.1) is 0 Å². The van der Waals surface area contributed by atoms with Crippen LogP contribution >= 0.6 is 0 Å². The van der Waals surface area contributed by atoms with Crippen LogP contribution in [0.25, 0.3) is 21.9 Å². The molecule has 0 aliphatic heterocycles. The number of hydrogen-bond acceptors (Lipinski definition) is 1. The predicted molar refractivity (Wildman–Crippen MR) is 134 cm³/mol. The Bertz CT molecular complexity index is 1260. The van der Waals surface area contributed by atoms with E-state index < -0.39 is 0 Å². The molecule has 0 bridgehead atoms. The third-order valence-electron chi connectivity index (χ3n) is 7.10. The summed E-state index contributed by atoms with van der Waals surface area (Å²) in [5.74, 6) is 0. The zero-order valence-corrected chi connectivity index (χ0v) is 19.0. The Morgan fingerprint density at radius 2 is 1.29 bits per heavy atom. The van der Waals surface area contributed by atoms with Gasteiger partial charge in [-0.25, -0.2) is 0 Å². The second-order valence-electron chi connectivity index (χ2n) is 10.3. The van der Waals surface area contributed by atoms with E-state index in [1.807, 2.05) is 0 Å². The van der Waals surface area contributed by atoms with E-state index in [1.54, 1.807) is 0 Å². The highest BCUT2D eigenvalue weighted by Gasteiger charge is 2.36. The number of anilines is 2. The van der Waals surface area contributed by atoms with Crippen molar-refractivity contribution >= 4 is 22.1 Å². The summed E-state index contributed by atoms with van der Waals surface area (Å²) in [6.45, 7) is 9.52. The minimum atomic E-state index is 0.216. The van der Waals surface area contributed by atoms with Crippen molar-refractivity contribution in [2.45, 2.75) is 51.4 Å². The fourth-order valence-corrected chi connectivity index (χ4v) is 5.07. The summed E-state index contributed by atoms with van der Waals surface area (Å²) in [4.78, 5) is 0. The van der Waals surface area contributed by atoms with Gasteiger partial charge in [0.25, 0.3) is 0 Å². The van der Waals surface area contributed by atoms with Crippen LogP contribution in [0.5, 0.6) is 0 Å². The van der Waals surface area contributed by atoms with E-state index in [1.165, 1.54) is 51.6 Å². The lowest BCUT2D eigenvalue weighted by atomic mass is 9.63. The monoisotopic (exact) mass is 405 g/mol. The van der Waals surface area contributed by atoms with E-state index in [9.17, 15) is 0 Å². The van der Waals surface area contributed by atoms with Crippen LogP contribution in [0.4, 0.5) is 11.4 Å². The van der Waals surface area contributed by atoms with Crippen molar-refractivity contribution in [1.82, 2.24) is 0 Å². The molecule has 1 nitrogen and oxygen atoms in total. The molecule has 31 heavy (non-hydrogen) atoms. The molecule has 0 spiro atoms. The molecule has 5 rings (SSSR count). The lowest BCUT2D eigenvalue weighted by molar-refractivity contribution is 0.332. The SMILES string of the molecule is CC1(C)CCC(C)(C)c2cc(Nc3cccc(-c4cccc5ccccc45)c3)ccc21. The van der Waals surface area contributed by atoms with Gasteiger partial charge in [-0.1, -0.05) is 88.4 Å². The molecule has 0 saturated carbocycles. The van der Waals surface area contributed by atoms with Crippen molar-refractivity contribution in [3.63, 3.8) is 0 Å². The van der Waals surface area contributed by atoms with Crippen molar-refractivity contribution in [2.24, 2.45) is 0 Å². The topological polar surface area (TPSA) is 12.0 Å². The molecule has 1 aliphatic carbocycles. The maximum absolute atomic E-state index is 3.68. The predicted octanol–water partition coefficient (Wildman–Crippen LogP) is 8.60. The second kappa shape index (κ2) is 7.27. The Morgan fingerprint density at radius 1 is 0.613 bits per heavy atom. The maximum Gasteiger partial charge on any atom is 0.0390 e. The van der Waals surface area contributed by atoms with Gasteiger partial charge in [-0.05, 0) is 81.0 Å². The zero-order chi connectivity index (χ0) is 21.6. The van der Waals surface area contributed by atoms with Gasteiger partial charge in [0.1, 0.15) is 0 Å². The smallest absolute Gasteiger partial charge is 0.0390 e. The van der Waals surface area contributed by atoms with Gasteiger partial charge >= 0.3 is 0 Å². The van der Waals surface area contributed by atoms with E-state index in [0.29, 0.717) is 0 Å². The van der Waals surface area contributed by atoms with Crippen LogP contribution in [0.15, 0.2) is 84.9 Å². The molecule has 0 saturated heterocycles. The van der Waals surface area contributed by atoms with Crippen molar-refractivity contribution in [3.05, 3.63) is 96.1 Å². The van der Waals surface area contributed by atoms with Crippen molar-refractivity contribution < 1.29 is 0 Å². The molecule has 0 unspecified atom stereocenters. The number of hydrogen-bond donors (Lipinski definition) is 1. The van der Waals surface area contributed by atoms with Gasteiger partial charge in [0, 0.05) is 11.4 Å². The quantitative estimate of drug-likeness (QED) is 0.360. The molecule has 156 valence electrons. The van der Waals surface area contributed by atoms with Gasteiger partial charge in [0.05, 0.1) is 0 Å². The van der Waals surface area contributed by atoms with Crippen LogP contribution in [-0.2, 0) is 10.8 Å². The largest absolute Gasteiger partial charge is 0.356 e. The summed E-state index contributed by atoms with van der Waals surface area (Å²) in [5.41, 5.74) is 8.25. The number of fused-ring (bicyclic) bond motifs is 2. The first kappa shape index (κ1) is 19.9. The lowest BCUT2D eigenvalue weighted by Gasteiger charge is -2.42. The first-order valence-electron chi connectivity index (χ1n) is 11.3. The Morgan fingerprint density at radius 3 is 2.13 bits per heavy atom. The molecule has 0 fully saturated rings. The molecule has 0 radical (unpaired) electrons. The molecule has 1 heteroatoms. The van der Waals surface area contributed by atoms with Crippen LogP contribution in [-0.4, -0.2) is 0 Å². The Labute approximate surface area is 186 Å². The van der Waals surface area contributed by atoms with Gasteiger partial charge in [-0.2, -0.15) is 0 Å². The van der Waals surface area contributed by atoms with Crippen molar-refractivity contribution in [2.75, 3.05) is 5.32 Å². The van der Waals surface area contributed by atoms with Gasteiger partial charge in [0.15, 0.2) is 0 Å². The van der Waals surface area contributed by atoms with Crippen LogP contribution in [0.1, 0.15) is 51.7 Å². The van der Waals surface area contributed by atoms with Gasteiger partial charge in [0.2, 0.25) is 0 Å². The Balaban J connectivity index is 1.51. The summed E-state index contributed by atoms with van der Waals surface area (Å²) in [6.07, 6.45) is 2.47. The summed E-state index contributed by atoms with van der Waals surface area (Å²) >= 11 is 0. The maximum atomic E-state index is 3.68. The fraction of sp³-hybridized carbons (Fsp3) is 0.267. The van der Waals surface area contributed by atoms with Gasteiger partial charge in [-0.15, -0.1) is 0 Å². The number of benzene rings is 4. The molecular weight excluding hydrogens is 374 g/mol. The highest BCUT2D eigenvalue weighted by Crippen LogP contribution is 2.46. The normalized spacial score (nSPS) is 16.6. The fourth-order valence-electron chi connectivity index (χ4n) is 5.07. The lowest BCUT2D eigenvalue weighted by Crippen LogP contribution is -2.33. The summed E-state index contributed by atoms with van der Waals surface area (Å²) in [6, 6.07) is 30.9. The Kier molecular flexibility index (Phi) is 4.66. The highest BCUT2D eigenvalue weighted by atomic mass is 14.9. The molecule has 4 aromatic rings. The summed E-state index contributed by atoms with van der Waals surface area (Å²) in [7, 11) is 0. The van der Waals surface area contributed by atoms with E-state index in [4.69, 9.17) is 0 Å². The van der Waals surface area contributed by atoms with Crippen molar-refractivity contribution in [3.8, 4) is 11.1 Å². The summed E-state index contributed by atoms with van der Waals surface area (Å²) in [5, 5.41) is 6.24. The standard InChI is InChI=1S/C30H31N/c1-29(2)17-18-30(3,4)28-20-24(15-16-27(28)29)31-23-12-7-11-22(19-23)26-14-8-10-21-9-5-6-13-25(21)26/h5-16,19-20,31H,17-18H2,1-4H3.